The first-order valence-electron chi connectivity index (χ1n) is 10.4. The summed E-state index contributed by atoms with van der Waals surface area (Å²) in [6.45, 7) is 3.32. The van der Waals surface area contributed by atoms with E-state index in [1.165, 1.54) is 11.3 Å². The van der Waals surface area contributed by atoms with Crippen LogP contribution in [0, 0.1) is 6.92 Å². The Morgan fingerprint density at radius 2 is 1.94 bits per heavy atom. The van der Waals surface area contributed by atoms with Crippen molar-refractivity contribution in [3.8, 4) is 0 Å². The van der Waals surface area contributed by atoms with E-state index in [9.17, 15) is 4.79 Å². The lowest BCUT2D eigenvalue weighted by atomic mass is 10.0. The highest BCUT2D eigenvalue weighted by atomic mass is 35.5. The van der Waals surface area contributed by atoms with Crippen LogP contribution < -0.4 is 4.90 Å². The molecule has 0 aliphatic carbocycles. The number of halogens is 2. The van der Waals surface area contributed by atoms with Crippen LogP contribution in [0.5, 0.6) is 0 Å². The van der Waals surface area contributed by atoms with Gasteiger partial charge >= 0.3 is 0 Å². The molecule has 5 rings (SSSR count). The summed E-state index contributed by atoms with van der Waals surface area (Å²) in [5.74, 6) is -0.0553. The Bertz CT molecular complexity index is 1370. The number of fused-ring (bicyclic) bond motifs is 2. The Hall–Kier alpha value is -2.93. The zero-order valence-corrected chi connectivity index (χ0v) is 20.3. The average molecular weight is 497 g/mol. The fourth-order valence-corrected chi connectivity index (χ4v) is 5.22. The third kappa shape index (κ3) is 4.60. The highest BCUT2D eigenvalue weighted by Crippen LogP contribution is 2.36. The zero-order chi connectivity index (χ0) is 22.1. The summed E-state index contributed by atoms with van der Waals surface area (Å²) >= 11 is 7.92. The Morgan fingerprint density at radius 3 is 2.73 bits per heavy atom. The molecule has 5 aromatic rings. The molecule has 0 saturated carbocycles. The monoisotopic (exact) mass is 496 g/mol. The van der Waals surface area contributed by atoms with Gasteiger partial charge < -0.3 is 4.57 Å². The molecular weight excluding hydrogens is 475 g/mol. The van der Waals surface area contributed by atoms with E-state index in [1.807, 2.05) is 72.3 Å². The summed E-state index contributed by atoms with van der Waals surface area (Å²) in [5.41, 5.74) is 2.57. The molecule has 0 atom stereocenters. The smallest absolute Gasteiger partial charge is 0.260 e. The van der Waals surface area contributed by atoms with Gasteiger partial charge in [0.1, 0.15) is 0 Å². The van der Waals surface area contributed by atoms with Crippen LogP contribution in [-0.2, 0) is 6.54 Å². The second-order valence-corrected chi connectivity index (χ2v) is 9.06. The van der Waals surface area contributed by atoms with Crippen molar-refractivity contribution in [3.63, 3.8) is 0 Å². The Kier molecular flexibility index (Phi) is 6.98. The van der Waals surface area contributed by atoms with E-state index in [0.29, 0.717) is 22.3 Å². The first kappa shape index (κ1) is 23.2. The van der Waals surface area contributed by atoms with Gasteiger partial charge in [0.25, 0.3) is 5.91 Å². The molecule has 0 bridgehead atoms. The topological polar surface area (TPSA) is 51.0 Å². The lowest BCUT2D eigenvalue weighted by molar-refractivity contribution is 0.0988. The van der Waals surface area contributed by atoms with Gasteiger partial charge in [-0.05, 0) is 41.8 Å². The number of imidazole rings is 1. The van der Waals surface area contributed by atoms with Crippen LogP contribution in [0.2, 0.25) is 5.02 Å². The second-order valence-electron chi connectivity index (χ2n) is 7.68. The predicted molar refractivity (Wildman–Crippen MR) is 139 cm³/mol. The number of carbonyl (C=O) groups excluding carboxylic acids is 1. The molecule has 2 aromatic heterocycles. The number of aryl methyl sites for hydroxylation is 2. The number of hydrogen-bond donors (Lipinski definition) is 0. The summed E-state index contributed by atoms with van der Waals surface area (Å²) in [6, 6.07) is 17.7. The van der Waals surface area contributed by atoms with Crippen LogP contribution in [0.1, 0.15) is 22.3 Å². The van der Waals surface area contributed by atoms with Gasteiger partial charge in [-0.2, -0.15) is 0 Å². The molecule has 0 aliphatic heterocycles. The van der Waals surface area contributed by atoms with Crippen molar-refractivity contribution in [3.05, 3.63) is 89.5 Å². The summed E-state index contributed by atoms with van der Waals surface area (Å²) in [6.07, 6.45) is 6.25. The van der Waals surface area contributed by atoms with Crippen LogP contribution in [0.4, 0.5) is 5.13 Å². The summed E-state index contributed by atoms with van der Waals surface area (Å²) < 4.78 is 2.92. The molecule has 0 fully saturated rings. The lowest BCUT2D eigenvalue weighted by Crippen LogP contribution is -2.32. The fraction of sp³-hybridized carbons (Fsp3) is 0.160. The molecule has 0 spiro atoms. The molecule has 8 heteroatoms. The number of nitrogens with zero attached hydrogens (tertiary/aromatic N) is 4. The maximum atomic E-state index is 13.8. The summed E-state index contributed by atoms with van der Waals surface area (Å²) in [5, 5.41) is 3.31. The highest BCUT2D eigenvalue weighted by Gasteiger charge is 2.23. The first-order chi connectivity index (χ1) is 15.6. The van der Waals surface area contributed by atoms with Crippen LogP contribution in [0.15, 0.2) is 73.3 Å². The minimum atomic E-state index is -0.0553. The number of anilines is 1. The van der Waals surface area contributed by atoms with Crippen molar-refractivity contribution in [1.82, 2.24) is 14.5 Å². The van der Waals surface area contributed by atoms with E-state index in [2.05, 4.69) is 4.98 Å². The predicted octanol–water partition coefficient (Wildman–Crippen LogP) is 6.77. The molecule has 0 radical (unpaired) electrons. The van der Waals surface area contributed by atoms with Gasteiger partial charge in [0.15, 0.2) is 5.13 Å². The maximum absolute atomic E-state index is 13.8. The molecule has 0 unspecified atom stereocenters. The van der Waals surface area contributed by atoms with Gasteiger partial charge in [0.2, 0.25) is 0 Å². The number of thiazole rings is 1. The SMILES string of the molecule is Cc1ccc(Cl)c2sc(N(CCCn3ccnc3)C(=O)c3cccc4ccccc34)nc12.Cl. The second kappa shape index (κ2) is 9.91. The van der Waals surface area contributed by atoms with Gasteiger partial charge in [-0.1, -0.05) is 65.4 Å². The maximum Gasteiger partial charge on any atom is 0.260 e. The molecule has 33 heavy (non-hydrogen) atoms. The van der Waals surface area contributed by atoms with E-state index >= 15 is 0 Å². The highest BCUT2D eigenvalue weighted by molar-refractivity contribution is 7.23. The molecular formula is C25H22Cl2N4OS. The standard InChI is InChI=1S/C25H21ClN4OS.ClH/c1-17-10-11-21(26)23-22(17)28-25(32-23)30(14-5-13-29-15-12-27-16-29)24(31)20-9-4-7-18-6-2-3-8-19(18)20;/h2-4,6-12,15-16H,5,13-14H2,1H3;1H. The Labute approximate surface area is 207 Å². The van der Waals surface area contributed by atoms with Gasteiger partial charge in [0.05, 0.1) is 21.6 Å². The van der Waals surface area contributed by atoms with E-state index in [4.69, 9.17) is 16.6 Å². The number of carbonyl (C=O) groups is 1. The molecule has 0 aliphatic rings. The van der Waals surface area contributed by atoms with Gasteiger partial charge in [-0.3, -0.25) is 9.69 Å². The third-order valence-corrected chi connectivity index (χ3v) is 7.08. The fourth-order valence-electron chi connectivity index (χ4n) is 3.88. The molecule has 0 N–H and O–H groups in total. The number of rotatable bonds is 6. The number of benzene rings is 3. The van der Waals surface area contributed by atoms with Crippen molar-refractivity contribution < 1.29 is 4.79 Å². The molecule has 5 nitrogen and oxygen atoms in total. The number of hydrogen-bond acceptors (Lipinski definition) is 4. The van der Waals surface area contributed by atoms with Crippen LogP contribution in [0.25, 0.3) is 21.0 Å². The normalized spacial score (nSPS) is 11.0. The van der Waals surface area contributed by atoms with Crippen molar-refractivity contribution in [2.45, 2.75) is 19.9 Å². The first-order valence-corrected chi connectivity index (χ1v) is 11.6. The van der Waals surface area contributed by atoms with Crippen LogP contribution in [-0.4, -0.2) is 27.0 Å². The van der Waals surface area contributed by atoms with Crippen LogP contribution >= 0.6 is 35.3 Å². The van der Waals surface area contributed by atoms with Gasteiger partial charge in [-0.15, -0.1) is 12.4 Å². The third-order valence-electron chi connectivity index (χ3n) is 5.54. The van der Waals surface area contributed by atoms with Crippen molar-refractivity contribution in [1.29, 1.82) is 0 Å². The van der Waals surface area contributed by atoms with Crippen molar-refractivity contribution >= 4 is 67.4 Å². The summed E-state index contributed by atoms with van der Waals surface area (Å²) in [7, 11) is 0. The molecule has 1 amide bonds. The molecule has 2 heterocycles. The molecule has 168 valence electrons. The summed E-state index contributed by atoms with van der Waals surface area (Å²) in [4.78, 5) is 24.6. The van der Waals surface area contributed by atoms with E-state index in [0.717, 1.165) is 39.5 Å². The minimum absolute atomic E-state index is 0. The molecule has 0 saturated heterocycles. The average Bonchev–Trinajstić information content (AvgIpc) is 3.49. The van der Waals surface area contributed by atoms with Gasteiger partial charge in [-0.25, -0.2) is 9.97 Å². The number of amides is 1. The Balaban J connectivity index is 0.00000259. The largest absolute Gasteiger partial charge is 0.337 e. The molecule has 3 aromatic carbocycles. The van der Waals surface area contributed by atoms with E-state index in [-0.39, 0.29) is 18.3 Å². The quantitative estimate of drug-likeness (QED) is 0.260. The Morgan fingerprint density at radius 1 is 1.12 bits per heavy atom. The van der Waals surface area contributed by atoms with Crippen LogP contribution in [0.3, 0.4) is 0 Å². The van der Waals surface area contributed by atoms with Gasteiger partial charge in [0, 0.05) is 31.0 Å². The number of aromatic nitrogens is 3. The van der Waals surface area contributed by atoms with Crippen molar-refractivity contribution in [2.75, 3.05) is 11.4 Å². The van der Waals surface area contributed by atoms with E-state index < -0.39 is 0 Å². The minimum Gasteiger partial charge on any atom is -0.337 e. The zero-order valence-electron chi connectivity index (χ0n) is 17.9. The van der Waals surface area contributed by atoms with E-state index in [1.54, 1.807) is 17.4 Å². The van der Waals surface area contributed by atoms with Crippen molar-refractivity contribution in [2.24, 2.45) is 0 Å². The lowest BCUT2D eigenvalue weighted by Gasteiger charge is -2.21.